The molecule has 0 atom stereocenters. The highest BCUT2D eigenvalue weighted by Crippen LogP contribution is 2.07. The number of amides is 1. The summed E-state index contributed by atoms with van der Waals surface area (Å²) in [5.74, 6) is 0.456. The molecule has 2 N–H and O–H groups in total. The molecule has 2 saturated heterocycles. The Balaban J connectivity index is 1.55. The molecule has 2 heterocycles. The van der Waals surface area contributed by atoms with E-state index in [1.165, 1.54) is 32.4 Å². The van der Waals surface area contributed by atoms with Crippen molar-refractivity contribution in [2.75, 3.05) is 39.3 Å². The lowest BCUT2D eigenvalue weighted by atomic mass is 10.0. The lowest BCUT2D eigenvalue weighted by Gasteiger charge is -2.28. The van der Waals surface area contributed by atoms with Gasteiger partial charge in [-0.2, -0.15) is 0 Å². The number of nitrogens with zero attached hydrogens (tertiary/aromatic N) is 1. The van der Waals surface area contributed by atoms with E-state index in [0.717, 1.165) is 26.2 Å². The molecule has 0 spiro atoms. The molecule has 0 unspecified atom stereocenters. The fourth-order valence-corrected chi connectivity index (χ4v) is 2.14. The highest BCUT2D eigenvalue weighted by atomic mass is 16.2. The zero-order valence-corrected chi connectivity index (χ0v) is 9.30. The molecule has 2 aliphatic heterocycles. The lowest BCUT2D eigenvalue weighted by molar-refractivity contribution is -0.126. The van der Waals surface area contributed by atoms with Crippen molar-refractivity contribution in [3.05, 3.63) is 0 Å². The first kappa shape index (κ1) is 10.9. The van der Waals surface area contributed by atoms with E-state index in [-0.39, 0.29) is 11.8 Å². The summed E-state index contributed by atoms with van der Waals surface area (Å²) < 4.78 is 0. The normalized spacial score (nSPS) is 23.5. The van der Waals surface area contributed by atoms with Gasteiger partial charge in [0.05, 0.1) is 5.92 Å². The topological polar surface area (TPSA) is 44.4 Å². The molecule has 86 valence electrons. The van der Waals surface area contributed by atoms with Crippen molar-refractivity contribution in [2.45, 2.75) is 19.3 Å². The van der Waals surface area contributed by atoms with E-state index in [1.807, 2.05) is 0 Å². The van der Waals surface area contributed by atoms with Crippen molar-refractivity contribution in [1.29, 1.82) is 0 Å². The van der Waals surface area contributed by atoms with Crippen LogP contribution in [0.1, 0.15) is 19.3 Å². The van der Waals surface area contributed by atoms with Crippen LogP contribution in [0.3, 0.4) is 0 Å². The number of hydrogen-bond acceptors (Lipinski definition) is 3. The highest BCUT2D eigenvalue weighted by molar-refractivity contribution is 5.79. The molecule has 0 radical (unpaired) electrons. The van der Waals surface area contributed by atoms with Crippen LogP contribution in [0.2, 0.25) is 0 Å². The quantitative estimate of drug-likeness (QED) is 0.677. The summed E-state index contributed by atoms with van der Waals surface area (Å²) in [6.45, 7) is 5.97. The van der Waals surface area contributed by atoms with Crippen LogP contribution in [0.25, 0.3) is 0 Å². The van der Waals surface area contributed by atoms with Gasteiger partial charge < -0.3 is 15.5 Å². The smallest absolute Gasteiger partial charge is 0.225 e. The number of hydrogen-bond donors (Lipinski definition) is 2. The van der Waals surface area contributed by atoms with Crippen molar-refractivity contribution >= 4 is 5.91 Å². The number of carbonyl (C=O) groups is 1. The molecule has 0 saturated carbocycles. The van der Waals surface area contributed by atoms with E-state index in [1.54, 1.807) is 0 Å². The molecule has 0 aliphatic carbocycles. The van der Waals surface area contributed by atoms with Crippen molar-refractivity contribution in [2.24, 2.45) is 5.92 Å². The first-order chi connectivity index (χ1) is 7.36. The van der Waals surface area contributed by atoms with Gasteiger partial charge in [-0.3, -0.25) is 4.79 Å². The SMILES string of the molecule is O=C(NCCN1CCCCC1)C1CNC1. The summed E-state index contributed by atoms with van der Waals surface area (Å²) in [7, 11) is 0. The van der Waals surface area contributed by atoms with Crippen LogP contribution in [0.4, 0.5) is 0 Å². The van der Waals surface area contributed by atoms with Gasteiger partial charge in [0.25, 0.3) is 0 Å². The van der Waals surface area contributed by atoms with E-state index >= 15 is 0 Å². The summed E-state index contributed by atoms with van der Waals surface area (Å²) in [4.78, 5) is 13.9. The Morgan fingerprint density at radius 3 is 2.60 bits per heavy atom. The van der Waals surface area contributed by atoms with Crippen molar-refractivity contribution < 1.29 is 4.79 Å². The third-order valence-electron chi connectivity index (χ3n) is 3.33. The van der Waals surface area contributed by atoms with E-state index in [2.05, 4.69) is 15.5 Å². The van der Waals surface area contributed by atoms with Gasteiger partial charge in [0, 0.05) is 26.2 Å². The van der Waals surface area contributed by atoms with E-state index in [0.29, 0.717) is 0 Å². The molecule has 4 heteroatoms. The fourth-order valence-electron chi connectivity index (χ4n) is 2.14. The minimum Gasteiger partial charge on any atom is -0.354 e. The van der Waals surface area contributed by atoms with Gasteiger partial charge in [0.1, 0.15) is 0 Å². The number of piperidine rings is 1. The second-order valence-corrected chi connectivity index (χ2v) is 4.55. The third-order valence-corrected chi connectivity index (χ3v) is 3.33. The summed E-state index contributed by atoms with van der Waals surface area (Å²) >= 11 is 0. The number of carbonyl (C=O) groups excluding carboxylic acids is 1. The predicted molar refractivity (Wildman–Crippen MR) is 59.7 cm³/mol. The van der Waals surface area contributed by atoms with Gasteiger partial charge in [-0.1, -0.05) is 6.42 Å². The van der Waals surface area contributed by atoms with Crippen LogP contribution in [0, 0.1) is 5.92 Å². The van der Waals surface area contributed by atoms with Gasteiger partial charge in [0.2, 0.25) is 5.91 Å². The Labute approximate surface area is 91.4 Å². The average Bonchev–Trinajstić information content (AvgIpc) is 2.16. The lowest BCUT2D eigenvalue weighted by Crippen LogP contribution is -2.51. The summed E-state index contributed by atoms with van der Waals surface area (Å²) in [6, 6.07) is 0. The van der Waals surface area contributed by atoms with Gasteiger partial charge in [-0.25, -0.2) is 0 Å². The van der Waals surface area contributed by atoms with E-state index in [4.69, 9.17) is 0 Å². The van der Waals surface area contributed by atoms with E-state index < -0.39 is 0 Å². The molecule has 2 rings (SSSR count). The summed E-state index contributed by atoms with van der Waals surface area (Å²) in [5, 5.41) is 6.12. The maximum Gasteiger partial charge on any atom is 0.225 e. The summed E-state index contributed by atoms with van der Waals surface area (Å²) in [5.41, 5.74) is 0. The molecule has 0 aromatic heterocycles. The first-order valence-electron chi connectivity index (χ1n) is 6.07. The molecular formula is C11H21N3O. The molecule has 0 aromatic carbocycles. The maximum atomic E-state index is 11.5. The molecule has 0 aromatic rings. The Bertz CT molecular complexity index is 210. The highest BCUT2D eigenvalue weighted by Gasteiger charge is 2.24. The predicted octanol–water partition coefficient (Wildman–Crippen LogP) is -0.192. The Hall–Kier alpha value is -0.610. The number of rotatable bonds is 4. The van der Waals surface area contributed by atoms with Crippen molar-refractivity contribution in [1.82, 2.24) is 15.5 Å². The van der Waals surface area contributed by atoms with Gasteiger partial charge in [-0.15, -0.1) is 0 Å². The zero-order valence-electron chi connectivity index (χ0n) is 9.30. The maximum absolute atomic E-state index is 11.5. The monoisotopic (exact) mass is 211 g/mol. The Morgan fingerprint density at radius 1 is 1.27 bits per heavy atom. The molecule has 2 aliphatic rings. The second-order valence-electron chi connectivity index (χ2n) is 4.55. The third kappa shape index (κ3) is 3.18. The van der Waals surface area contributed by atoms with Crippen molar-refractivity contribution in [3.8, 4) is 0 Å². The van der Waals surface area contributed by atoms with Crippen molar-refractivity contribution in [3.63, 3.8) is 0 Å². The fraction of sp³-hybridized carbons (Fsp3) is 0.909. The first-order valence-corrected chi connectivity index (χ1v) is 6.07. The van der Waals surface area contributed by atoms with Crippen LogP contribution in [0.5, 0.6) is 0 Å². The van der Waals surface area contributed by atoms with Gasteiger partial charge in [0.15, 0.2) is 0 Å². The van der Waals surface area contributed by atoms with Gasteiger partial charge >= 0.3 is 0 Å². The molecule has 4 nitrogen and oxygen atoms in total. The largest absolute Gasteiger partial charge is 0.354 e. The summed E-state index contributed by atoms with van der Waals surface area (Å²) in [6.07, 6.45) is 4.01. The average molecular weight is 211 g/mol. The van der Waals surface area contributed by atoms with Gasteiger partial charge in [-0.05, 0) is 25.9 Å². The Morgan fingerprint density at radius 2 is 2.00 bits per heavy atom. The second kappa shape index (κ2) is 5.47. The molecule has 2 fully saturated rings. The standard InChI is InChI=1S/C11H21N3O/c15-11(10-8-12-9-10)13-4-7-14-5-2-1-3-6-14/h10,12H,1-9H2,(H,13,15). The zero-order chi connectivity index (χ0) is 10.5. The van der Waals surface area contributed by atoms with E-state index in [9.17, 15) is 4.79 Å². The Kier molecular flexibility index (Phi) is 3.97. The minimum absolute atomic E-state index is 0.228. The number of nitrogens with one attached hydrogen (secondary N) is 2. The number of likely N-dealkylation sites (tertiary alicyclic amines) is 1. The molecule has 15 heavy (non-hydrogen) atoms. The molecule has 1 amide bonds. The van der Waals surface area contributed by atoms with Crippen LogP contribution in [-0.4, -0.2) is 50.1 Å². The molecular weight excluding hydrogens is 190 g/mol. The molecule has 0 bridgehead atoms. The van der Waals surface area contributed by atoms with Crippen LogP contribution >= 0.6 is 0 Å². The van der Waals surface area contributed by atoms with Crippen LogP contribution in [-0.2, 0) is 4.79 Å². The van der Waals surface area contributed by atoms with Crippen LogP contribution in [0.15, 0.2) is 0 Å². The minimum atomic E-state index is 0.228. The van der Waals surface area contributed by atoms with Crippen LogP contribution < -0.4 is 10.6 Å².